The smallest absolute Gasteiger partial charge is 0.256 e. The molecule has 0 aliphatic carbocycles. The molecule has 0 radical (unpaired) electrons. The molecule has 0 bridgehead atoms. The number of hydrogen-bond acceptors (Lipinski definition) is 4. The Bertz CT molecular complexity index is 459. The molecule has 0 heterocycles. The zero-order chi connectivity index (χ0) is 16.6. The average molecular weight is 308 g/mol. The first-order valence-electron chi connectivity index (χ1n) is 7.74. The van der Waals surface area contributed by atoms with Crippen molar-refractivity contribution in [2.24, 2.45) is 0 Å². The molecule has 0 aliphatic heterocycles. The molecule has 22 heavy (non-hydrogen) atoms. The number of amides is 1. The Labute approximate surface area is 133 Å². The lowest BCUT2D eigenvalue weighted by Gasteiger charge is -2.26. The summed E-state index contributed by atoms with van der Waals surface area (Å²) in [5.41, 5.74) is -0.0559. The monoisotopic (exact) mass is 308 g/mol. The number of ether oxygens (including phenoxy) is 2. The molecule has 1 aromatic rings. The van der Waals surface area contributed by atoms with E-state index in [9.17, 15) is 4.79 Å². The fourth-order valence-electron chi connectivity index (χ4n) is 1.89. The molecule has 124 valence electrons. The molecule has 0 spiro atoms. The van der Waals surface area contributed by atoms with E-state index >= 15 is 0 Å². The minimum atomic E-state index is -0.796. The third-order valence-electron chi connectivity index (χ3n) is 3.54. The summed E-state index contributed by atoms with van der Waals surface area (Å²) in [5, 5.41) is 2.89. The third-order valence-corrected chi connectivity index (χ3v) is 3.54. The second-order valence-electron chi connectivity index (χ2n) is 5.65. The number of hydrogen-bond donors (Lipinski definition) is 1. The number of benzene rings is 1. The number of carbonyl (C=O) groups is 1. The number of anilines is 1. The molecule has 0 aromatic heterocycles. The topological polar surface area (TPSA) is 50.8 Å². The lowest BCUT2D eigenvalue weighted by molar-refractivity contribution is -0.139. The normalized spacial score (nSPS) is 13.7. The summed E-state index contributed by atoms with van der Waals surface area (Å²) in [4.78, 5) is 14.4. The van der Waals surface area contributed by atoms with Crippen molar-refractivity contribution in [3.05, 3.63) is 24.3 Å². The van der Waals surface area contributed by atoms with Gasteiger partial charge < -0.3 is 19.7 Å². The summed E-state index contributed by atoms with van der Waals surface area (Å²) in [6.45, 7) is 7.65. The second kappa shape index (κ2) is 8.76. The summed E-state index contributed by atoms with van der Waals surface area (Å²) in [7, 11) is 4.01. The van der Waals surface area contributed by atoms with Gasteiger partial charge in [0.15, 0.2) is 0 Å². The van der Waals surface area contributed by atoms with Gasteiger partial charge in [-0.15, -0.1) is 0 Å². The van der Waals surface area contributed by atoms with Gasteiger partial charge in [0.25, 0.3) is 5.91 Å². The van der Waals surface area contributed by atoms with E-state index in [0.29, 0.717) is 19.6 Å². The van der Waals surface area contributed by atoms with E-state index in [4.69, 9.17) is 9.47 Å². The maximum absolute atomic E-state index is 12.3. The largest absolute Gasteiger partial charge is 0.492 e. The molecule has 0 fully saturated rings. The third kappa shape index (κ3) is 5.66. The number of likely N-dealkylation sites (N-methyl/N-ethyl adjacent to an activating group) is 1. The van der Waals surface area contributed by atoms with Crippen LogP contribution in [-0.4, -0.2) is 50.3 Å². The van der Waals surface area contributed by atoms with Crippen LogP contribution in [0.2, 0.25) is 0 Å². The predicted octanol–water partition coefficient (Wildman–Crippen LogP) is 2.77. The minimum Gasteiger partial charge on any atom is -0.492 e. The predicted molar refractivity (Wildman–Crippen MR) is 89.4 cm³/mol. The molecule has 1 aromatic carbocycles. The second-order valence-corrected chi connectivity index (χ2v) is 5.65. The highest BCUT2D eigenvalue weighted by Crippen LogP contribution is 2.20. The molecule has 1 amide bonds. The van der Waals surface area contributed by atoms with Crippen molar-refractivity contribution in [3.8, 4) is 5.75 Å². The van der Waals surface area contributed by atoms with Crippen molar-refractivity contribution in [3.63, 3.8) is 0 Å². The van der Waals surface area contributed by atoms with Gasteiger partial charge in [-0.25, -0.2) is 0 Å². The van der Waals surface area contributed by atoms with Crippen LogP contribution in [-0.2, 0) is 9.53 Å². The van der Waals surface area contributed by atoms with E-state index in [1.54, 1.807) is 0 Å². The number of nitrogens with zero attached hydrogens (tertiary/aromatic N) is 1. The van der Waals surface area contributed by atoms with Crippen LogP contribution >= 0.6 is 0 Å². The van der Waals surface area contributed by atoms with E-state index in [2.05, 4.69) is 10.2 Å². The number of nitrogens with one attached hydrogen (secondary N) is 1. The van der Waals surface area contributed by atoms with E-state index in [1.165, 1.54) is 0 Å². The van der Waals surface area contributed by atoms with Gasteiger partial charge in [-0.1, -0.05) is 6.92 Å². The van der Waals surface area contributed by atoms with Crippen LogP contribution in [0.25, 0.3) is 0 Å². The van der Waals surface area contributed by atoms with Gasteiger partial charge >= 0.3 is 0 Å². The Hall–Kier alpha value is -1.59. The maximum atomic E-state index is 12.3. The van der Waals surface area contributed by atoms with Gasteiger partial charge in [0.2, 0.25) is 0 Å². The lowest BCUT2D eigenvalue weighted by Crippen LogP contribution is -2.42. The van der Waals surface area contributed by atoms with Gasteiger partial charge in [-0.2, -0.15) is 0 Å². The van der Waals surface area contributed by atoms with Crippen molar-refractivity contribution in [1.82, 2.24) is 4.90 Å². The van der Waals surface area contributed by atoms with E-state index < -0.39 is 5.60 Å². The first-order chi connectivity index (χ1) is 10.4. The van der Waals surface area contributed by atoms with Crippen molar-refractivity contribution < 1.29 is 14.3 Å². The summed E-state index contributed by atoms with van der Waals surface area (Å²) < 4.78 is 11.2. The van der Waals surface area contributed by atoms with Crippen molar-refractivity contribution in [1.29, 1.82) is 0 Å². The molecule has 0 unspecified atom stereocenters. The Kier molecular flexibility index (Phi) is 7.35. The highest BCUT2D eigenvalue weighted by molar-refractivity contribution is 5.97. The molecule has 0 aliphatic rings. The van der Waals surface area contributed by atoms with Crippen molar-refractivity contribution in [2.75, 3.05) is 39.2 Å². The number of rotatable bonds is 9. The van der Waals surface area contributed by atoms with Gasteiger partial charge in [0.05, 0.1) is 0 Å². The molecule has 0 saturated heterocycles. The van der Waals surface area contributed by atoms with Crippen molar-refractivity contribution >= 4 is 11.6 Å². The minimum absolute atomic E-state index is 0.127. The fraction of sp³-hybridized carbons (Fsp3) is 0.588. The summed E-state index contributed by atoms with van der Waals surface area (Å²) in [6.07, 6.45) is 0.623. The van der Waals surface area contributed by atoms with Gasteiger partial charge in [0, 0.05) is 18.8 Å². The Morgan fingerprint density at radius 1 is 1.23 bits per heavy atom. The molecule has 0 saturated carbocycles. The zero-order valence-electron chi connectivity index (χ0n) is 14.3. The SMILES string of the molecule is CCO[C@@](C)(CC)C(=O)Nc1ccc(OCCN(C)C)cc1. The first kappa shape index (κ1) is 18.5. The van der Waals surface area contributed by atoms with Gasteiger partial charge in [-0.3, -0.25) is 4.79 Å². The first-order valence-corrected chi connectivity index (χ1v) is 7.74. The molecule has 5 heteroatoms. The molecular weight excluding hydrogens is 280 g/mol. The standard InChI is InChI=1S/C17H28N2O3/c1-6-17(3,22-7-2)16(20)18-14-8-10-15(11-9-14)21-13-12-19(4)5/h8-11H,6-7,12-13H2,1-5H3,(H,18,20)/t17-/m0/s1. The van der Waals surface area contributed by atoms with Crippen LogP contribution in [0.15, 0.2) is 24.3 Å². The zero-order valence-corrected chi connectivity index (χ0v) is 14.3. The molecular formula is C17H28N2O3. The van der Waals surface area contributed by atoms with Crippen LogP contribution in [0.5, 0.6) is 5.75 Å². The Morgan fingerprint density at radius 3 is 2.36 bits per heavy atom. The van der Waals surface area contributed by atoms with Gasteiger partial charge in [0.1, 0.15) is 18.0 Å². The molecule has 5 nitrogen and oxygen atoms in total. The highest BCUT2D eigenvalue weighted by atomic mass is 16.5. The van der Waals surface area contributed by atoms with Crippen LogP contribution in [0, 0.1) is 0 Å². The van der Waals surface area contributed by atoms with Crippen LogP contribution < -0.4 is 10.1 Å². The molecule has 1 rings (SSSR count). The maximum Gasteiger partial charge on any atom is 0.256 e. The van der Waals surface area contributed by atoms with Crippen LogP contribution in [0.3, 0.4) is 0 Å². The van der Waals surface area contributed by atoms with Crippen LogP contribution in [0.1, 0.15) is 27.2 Å². The van der Waals surface area contributed by atoms with Crippen molar-refractivity contribution in [2.45, 2.75) is 32.8 Å². The van der Waals surface area contributed by atoms with Crippen LogP contribution in [0.4, 0.5) is 5.69 Å². The highest BCUT2D eigenvalue weighted by Gasteiger charge is 2.31. The molecule has 1 N–H and O–H groups in total. The summed E-state index contributed by atoms with van der Waals surface area (Å²) >= 11 is 0. The Balaban J connectivity index is 2.58. The average Bonchev–Trinajstić information content (AvgIpc) is 2.48. The lowest BCUT2D eigenvalue weighted by atomic mass is 10.0. The molecule has 1 atom stereocenters. The van der Waals surface area contributed by atoms with E-state index in [-0.39, 0.29) is 5.91 Å². The summed E-state index contributed by atoms with van der Waals surface area (Å²) in [6, 6.07) is 7.39. The van der Waals surface area contributed by atoms with E-state index in [0.717, 1.165) is 18.0 Å². The summed E-state index contributed by atoms with van der Waals surface area (Å²) in [5.74, 6) is 0.668. The Morgan fingerprint density at radius 2 is 1.86 bits per heavy atom. The fourth-order valence-corrected chi connectivity index (χ4v) is 1.89. The van der Waals surface area contributed by atoms with E-state index in [1.807, 2.05) is 59.1 Å². The van der Waals surface area contributed by atoms with Gasteiger partial charge in [-0.05, 0) is 58.6 Å². The number of carbonyl (C=O) groups excluding carboxylic acids is 1. The quantitative estimate of drug-likeness (QED) is 0.762.